The lowest BCUT2D eigenvalue weighted by Crippen LogP contribution is -2.33. The van der Waals surface area contributed by atoms with Crippen LogP contribution in [0.15, 0.2) is 18.2 Å². The SMILES string of the molecule is CCOC(=O)CCN(C)CC1Cc2cc(C)ccc2O1. The maximum absolute atomic E-state index is 11.3. The second kappa shape index (κ2) is 6.75. The number of rotatable bonds is 6. The van der Waals surface area contributed by atoms with Crippen LogP contribution in [0, 0.1) is 6.92 Å². The van der Waals surface area contributed by atoms with Crippen LogP contribution < -0.4 is 4.74 Å². The Labute approximate surface area is 120 Å². The summed E-state index contributed by atoms with van der Waals surface area (Å²) in [5.74, 6) is 0.866. The van der Waals surface area contributed by atoms with Crippen LogP contribution in [0.3, 0.4) is 0 Å². The van der Waals surface area contributed by atoms with Gasteiger partial charge in [-0.3, -0.25) is 4.79 Å². The third-order valence-corrected chi connectivity index (χ3v) is 3.48. The molecule has 0 N–H and O–H groups in total. The molecule has 1 aromatic carbocycles. The molecule has 0 spiro atoms. The van der Waals surface area contributed by atoms with E-state index in [1.807, 2.05) is 20.0 Å². The predicted octanol–water partition coefficient (Wildman–Crippen LogP) is 2.18. The number of carbonyl (C=O) groups is 1. The average Bonchev–Trinajstić information content (AvgIpc) is 2.78. The van der Waals surface area contributed by atoms with Crippen molar-refractivity contribution in [1.29, 1.82) is 0 Å². The van der Waals surface area contributed by atoms with Crippen molar-refractivity contribution < 1.29 is 14.3 Å². The van der Waals surface area contributed by atoms with Crippen molar-refractivity contribution in [3.63, 3.8) is 0 Å². The Balaban J connectivity index is 1.77. The monoisotopic (exact) mass is 277 g/mol. The number of hydrogen-bond acceptors (Lipinski definition) is 4. The van der Waals surface area contributed by atoms with E-state index in [-0.39, 0.29) is 12.1 Å². The van der Waals surface area contributed by atoms with Crippen molar-refractivity contribution in [2.24, 2.45) is 0 Å². The van der Waals surface area contributed by atoms with E-state index in [1.165, 1.54) is 11.1 Å². The topological polar surface area (TPSA) is 38.8 Å². The number of esters is 1. The van der Waals surface area contributed by atoms with Crippen molar-refractivity contribution in [1.82, 2.24) is 4.90 Å². The molecule has 1 aliphatic rings. The van der Waals surface area contributed by atoms with Crippen LogP contribution in [-0.2, 0) is 16.0 Å². The number of fused-ring (bicyclic) bond motifs is 1. The fourth-order valence-electron chi connectivity index (χ4n) is 2.51. The Kier molecular flexibility index (Phi) is 5.01. The third kappa shape index (κ3) is 3.97. The lowest BCUT2D eigenvalue weighted by molar-refractivity contribution is -0.143. The Hall–Kier alpha value is -1.55. The molecule has 0 fully saturated rings. The second-order valence-electron chi connectivity index (χ2n) is 5.37. The van der Waals surface area contributed by atoms with E-state index in [4.69, 9.17) is 9.47 Å². The van der Waals surface area contributed by atoms with Gasteiger partial charge in [0.1, 0.15) is 11.9 Å². The highest BCUT2D eigenvalue weighted by atomic mass is 16.5. The number of carbonyl (C=O) groups excluding carboxylic acids is 1. The zero-order valence-corrected chi connectivity index (χ0v) is 12.5. The summed E-state index contributed by atoms with van der Waals surface area (Å²) in [6.07, 6.45) is 1.56. The van der Waals surface area contributed by atoms with E-state index in [0.717, 1.165) is 18.7 Å². The summed E-state index contributed by atoms with van der Waals surface area (Å²) >= 11 is 0. The third-order valence-electron chi connectivity index (χ3n) is 3.48. The van der Waals surface area contributed by atoms with Gasteiger partial charge in [-0.2, -0.15) is 0 Å². The zero-order valence-electron chi connectivity index (χ0n) is 12.5. The van der Waals surface area contributed by atoms with Crippen molar-refractivity contribution >= 4 is 5.97 Å². The first-order valence-corrected chi connectivity index (χ1v) is 7.19. The predicted molar refractivity (Wildman–Crippen MR) is 78.0 cm³/mol. The summed E-state index contributed by atoms with van der Waals surface area (Å²) in [6.45, 7) is 5.90. The van der Waals surface area contributed by atoms with Crippen LogP contribution in [0.4, 0.5) is 0 Å². The molecular formula is C16H23NO3. The minimum Gasteiger partial charge on any atom is -0.488 e. The molecule has 110 valence electrons. The highest BCUT2D eigenvalue weighted by Crippen LogP contribution is 2.29. The van der Waals surface area contributed by atoms with Crippen molar-refractivity contribution in [2.75, 3.05) is 26.7 Å². The van der Waals surface area contributed by atoms with Gasteiger partial charge in [-0.25, -0.2) is 0 Å². The lowest BCUT2D eigenvalue weighted by Gasteiger charge is -2.20. The molecule has 1 atom stereocenters. The fourth-order valence-corrected chi connectivity index (χ4v) is 2.51. The van der Waals surface area contributed by atoms with Gasteiger partial charge in [-0.05, 0) is 32.5 Å². The molecule has 0 amide bonds. The van der Waals surface area contributed by atoms with Gasteiger partial charge in [0, 0.05) is 19.5 Å². The first-order valence-electron chi connectivity index (χ1n) is 7.19. The molecule has 1 heterocycles. The molecule has 0 aliphatic carbocycles. The van der Waals surface area contributed by atoms with E-state index < -0.39 is 0 Å². The van der Waals surface area contributed by atoms with Crippen LogP contribution >= 0.6 is 0 Å². The molecule has 0 saturated carbocycles. The molecular weight excluding hydrogens is 254 g/mol. The fraction of sp³-hybridized carbons (Fsp3) is 0.562. The van der Waals surface area contributed by atoms with Crippen LogP contribution in [0.5, 0.6) is 5.75 Å². The van der Waals surface area contributed by atoms with Crippen LogP contribution in [0.1, 0.15) is 24.5 Å². The Bertz CT molecular complexity index is 473. The maximum atomic E-state index is 11.3. The number of hydrogen-bond donors (Lipinski definition) is 0. The number of benzene rings is 1. The molecule has 0 aromatic heterocycles. The molecule has 4 heteroatoms. The first kappa shape index (κ1) is 14.9. The summed E-state index contributed by atoms with van der Waals surface area (Å²) in [5.41, 5.74) is 2.55. The smallest absolute Gasteiger partial charge is 0.307 e. The van der Waals surface area contributed by atoms with E-state index in [1.54, 1.807) is 0 Å². The molecule has 1 aliphatic heterocycles. The molecule has 0 bridgehead atoms. The first-order chi connectivity index (χ1) is 9.58. The number of nitrogens with zero attached hydrogens (tertiary/aromatic N) is 1. The van der Waals surface area contributed by atoms with Gasteiger partial charge in [0.2, 0.25) is 0 Å². The Morgan fingerprint density at radius 2 is 2.30 bits per heavy atom. The second-order valence-corrected chi connectivity index (χ2v) is 5.37. The minimum atomic E-state index is -0.134. The highest BCUT2D eigenvalue weighted by Gasteiger charge is 2.24. The number of likely N-dealkylation sites (N-methyl/N-ethyl adjacent to an activating group) is 1. The van der Waals surface area contributed by atoms with Crippen molar-refractivity contribution in [3.8, 4) is 5.75 Å². The largest absolute Gasteiger partial charge is 0.488 e. The van der Waals surface area contributed by atoms with Gasteiger partial charge in [0.25, 0.3) is 0 Å². The van der Waals surface area contributed by atoms with Gasteiger partial charge < -0.3 is 14.4 Å². The van der Waals surface area contributed by atoms with Gasteiger partial charge in [-0.1, -0.05) is 17.7 Å². The maximum Gasteiger partial charge on any atom is 0.307 e. The van der Waals surface area contributed by atoms with Gasteiger partial charge in [0.05, 0.1) is 13.0 Å². The highest BCUT2D eigenvalue weighted by molar-refractivity contribution is 5.69. The molecule has 2 rings (SSSR count). The van der Waals surface area contributed by atoms with E-state index >= 15 is 0 Å². The Morgan fingerprint density at radius 3 is 3.05 bits per heavy atom. The minimum absolute atomic E-state index is 0.134. The molecule has 1 unspecified atom stereocenters. The van der Waals surface area contributed by atoms with Crippen molar-refractivity contribution in [2.45, 2.75) is 32.8 Å². The summed E-state index contributed by atoms with van der Waals surface area (Å²) in [6, 6.07) is 6.31. The average molecular weight is 277 g/mol. The van der Waals surface area contributed by atoms with E-state index in [2.05, 4.69) is 24.0 Å². The molecule has 0 radical (unpaired) electrons. The zero-order chi connectivity index (χ0) is 14.5. The normalized spacial score (nSPS) is 16.9. The van der Waals surface area contributed by atoms with Crippen molar-refractivity contribution in [3.05, 3.63) is 29.3 Å². The van der Waals surface area contributed by atoms with Gasteiger partial charge >= 0.3 is 5.97 Å². The summed E-state index contributed by atoms with van der Waals surface area (Å²) < 4.78 is 10.9. The molecule has 20 heavy (non-hydrogen) atoms. The standard InChI is InChI=1S/C16H23NO3/c1-4-19-16(18)7-8-17(3)11-14-10-13-9-12(2)5-6-15(13)20-14/h5-6,9,14H,4,7-8,10-11H2,1-3H3. The summed E-state index contributed by atoms with van der Waals surface area (Å²) in [4.78, 5) is 13.4. The molecule has 4 nitrogen and oxygen atoms in total. The summed E-state index contributed by atoms with van der Waals surface area (Å²) in [5, 5.41) is 0. The van der Waals surface area contributed by atoms with Crippen LogP contribution in [0.25, 0.3) is 0 Å². The van der Waals surface area contributed by atoms with Gasteiger partial charge in [-0.15, -0.1) is 0 Å². The van der Waals surface area contributed by atoms with Crippen LogP contribution in [0.2, 0.25) is 0 Å². The number of aryl methyl sites for hydroxylation is 1. The number of ether oxygens (including phenoxy) is 2. The molecule has 1 aromatic rings. The van der Waals surface area contributed by atoms with Gasteiger partial charge in [0.15, 0.2) is 0 Å². The summed E-state index contributed by atoms with van der Waals surface area (Å²) in [7, 11) is 2.01. The quantitative estimate of drug-likeness (QED) is 0.747. The molecule has 0 saturated heterocycles. The van der Waals surface area contributed by atoms with Crippen LogP contribution in [-0.4, -0.2) is 43.7 Å². The lowest BCUT2D eigenvalue weighted by atomic mass is 10.1. The van der Waals surface area contributed by atoms with E-state index in [0.29, 0.717) is 19.6 Å². The van der Waals surface area contributed by atoms with E-state index in [9.17, 15) is 4.79 Å². The Morgan fingerprint density at radius 1 is 1.50 bits per heavy atom.